The molecule has 0 bridgehead atoms. The number of hydrogen-bond acceptors (Lipinski definition) is 4. The predicted molar refractivity (Wildman–Crippen MR) is 103 cm³/mol. The zero-order valence-corrected chi connectivity index (χ0v) is 15.2. The highest BCUT2D eigenvalue weighted by Crippen LogP contribution is 2.22. The number of carbonyl (C=O) groups is 1. The Bertz CT molecular complexity index is 741. The molecule has 5 heteroatoms. The molecule has 3 rings (SSSR count). The van der Waals surface area contributed by atoms with Crippen molar-refractivity contribution in [3.8, 4) is 0 Å². The standard InChI is InChI=1S/C20H23N3OS/c1-2-14-10-11-17(22-13-14)5-3-4-15-6-8-16(9-7-15)12-18-19(24)23-20(21)25-18/h6-11,13,18H,2-5,12H2,1H3,(H2,21,23,24). The monoisotopic (exact) mass is 353 g/mol. The molecule has 1 aromatic carbocycles. The highest BCUT2D eigenvalue weighted by molar-refractivity contribution is 8.15. The van der Waals surface area contributed by atoms with E-state index in [1.54, 1.807) is 0 Å². The van der Waals surface area contributed by atoms with Crippen LogP contribution in [0.3, 0.4) is 0 Å². The Labute approximate surface area is 153 Å². The Hall–Kier alpha value is -2.14. The molecule has 1 fully saturated rings. The lowest BCUT2D eigenvalue weighted by Crippen LogP contribution is -2.25. The largest absolute Gasteiger partial charge is 0.305 e. The number of aromatic nitrogens is 1. The molecule has 0 spiro atoms. The summed E-state index contributed by atoms with van der Waals surface area (Å²) in [7, 11) is 0. The molecule has 1 amide bonds. The number of nitrogens with one attached hydrogen (secondary N) is 2. The lowest BCUT2D eigenvalue weighted by Gasteiger charge is -2.07. The molecule has 1 atom stereocenters. The van der Waals surface area contributed by atoms with Gasteiger partial charge in [0.25, 0.3) is 0 Å². The summed E-state index contributed by atoms with van der Waals surface area (Å²) in [6, 6.07) is 12.8. The van der Waals surface area contributed by atoms with Gasteiger partial charge in [-0.25, -0.2) is 0 Å². The second-order valence-electron chi connectivity index (χ2n) is 6.31. The number of pyridine rings is 1. The molecular formula is C20H23N3OS. The molecule has 1 aliphatic rings. The van der Waals surface area contributed by atoms with Crippen molar-refractivity contribution < 1.29 is 4.79 Å². The Balaban J connectivity index is 1.47. The molecule has 130 valence electrons. The van der Waals surface area contributed by atoms with Gasteiger partial charge in [0.05, 0.1) is 5.25 Å². The first-order chi connectivity index (χ1) is 12.1. The van der Waals surface area contributed by atoms with Crippen LogP contribution in [0, 0.1) is 5.41 Å². The van der Waals surface area contributed by atoms with Crippen molar-refractivity contribution in [3.05, 3.63) is 65.0 Å². The topological polar surface area (TPSA) is 65.8 Å². The van der Waals surface area contributed by atoms with Gasteiger partial charge in [-0.2, -0.15) is 0 Å². The number of amides is 1. The third-order valence-corrected chi connectivity index (χ3v) is 5.43. The Morgan fingerprint density at radius 3 is 2.40 bits per heavy atom. The van der Waals surface area contributed by atoms with Gasteiger partial charge < -0.3 is 5.32 Å². The summed E-state index contributed by atoms with van der Waals surface area (Å²) in [5, 5.41) is 10.1. The second-order valence-corrected chi connectivity index (χ2v) is 7.52. The van der Waals surface area contributed by atoms with Crippen LogP contribution in [0.2, 0.25) is 0 Å². The SMILES string of the molecule is CCc1ccc(CCCc2ccc(CC3SC(=N)NC3=O)cc2)nc1. The van der Waals surface area contributed by atoms with E-state index in [2.05, 4.69) is 53.6 Å². The van der Waals surface area contributed by atoms with Crippen LogP contribution in [0.25, 0.3) is 0 Å². The maximum atomic E-state index is 11.7. The van der Waals surface area contributed by atoms with Crippen molar-refractivity contribution in [2.75, 3.05) is 0 Å². The van der Waals surface area contributed by atoms with Crippen molar-refractivity contribution in [1.29, 1.82) is 5.41 Å². The van der Waals surface area contributed by atoms with E-state index in [1.807, 2.05) is 6.20 Å². The molecule has 1 aromatic heterocycles. The normalized spacial score (nSPS) is 16.9. The molecule has 0 saturated carbocycles. The highest BCUT2D eigenvalue weighted by atomic mass is 32.2. The molecular weight excluding hydrogens is 330 g/mol. The second kappa shape index (κ2) is 8.30. The van der Waals surface area contributed by atoms with Gasteiger partial charge in [-0.1, -0.05) is 49.0 Å². The molecule has 2 N–H and O–H groups in total. The lowest BCUT2D eigenvalue weighted by molar-refractivity contribution is -0.118. The van der Waals surface area contributed by atoms with Gasteiger partial charge in [0.15, 0.2) is 5.17 Å². The maximum absolute atomic E-state index is 11.7. The number of benzene rings is 1. The van der Waals surface area contributed by atoms with E-state index < -0.39 is 0 Å². The maximum Gasteiger partial charge on any atom is 0.239 e. The van der Waals surface area contributed by atoms with Gasteiger partial charge in [-0.05, 0) is 54.9 Å². The molecule has 1 unspecified atom stereocenters. The third kappa shape index (κ3) is 4.92. The fourth-order valence-corrected chi connectivity index (χ4v) is 3.78. The first-order valence-electron chi connectivity index (χ1n) is 8.71. The van der Waals surface area contributed by atoms with Crippen LogP contribution in [0.15, 0.2) is 42.6 Å². The number of nitrogens with zero attached hydrogens (tertiary/aromatic N) is 1. The van der Waals surface area contributed by atoms with Gasteiger partial charge in [0, 0.05) is 11.9 Å². The molecule has 25 heavy (non-hydrogen) atoms. The van der Waals surface area contributed by atoms with Gasteiger partial charge in [-0.15, -0.1) is 0 Å². The molecule has 1 saturated heterocycles. The summed E-state index contributed by atoms with van der Waals surface area (Å²) in [5.74, 6) is -0.0549. The average Bonchev–Trinajstić information content (AvgIpc) is 2.94. The van der Waals surface area contributed by atoms with E-state index in [0.717, 1.165) is 36.9 Å². The van der Waals surface area contributed by atoms with Crippen LogP contribution in [0.1, 0.15) is 35.7 Å². The first kappa shape index (κ1) is 17.7. The Morgan fingerprint density at radius 2 is 1.80 bits per heavy atom. The lowest BCUT2D eigenvalue weighted by atomic mass is 10.0. The third-order valence-electron chi connectivity index (χ3n) is 4.43. The van der Waals surface area contributed by atoms with Crippen molar-refractivity contribution in [2.24, 2.45) is 0 Å². The molecule has 2 heterocycles. The Kier molecular flexibility index (Phi) is 5.87. The molecule has 1 aliphatic heterocycles. The number of aryl methyl sites for hydroxylation is 3. The summed E-state index contributed by atoms with van der Waals surface area (Å²) in [4.78, 5) is 16.2. The summed E-state index contributed by atoms with van der Waals surface area (Å²) < 4.78 is 0. The van der Waals surface area contributed by atoms with Crippen molar-refractivity contribution in [1.82, 2.24) is 10.3 Å². The van der Waals surface area contributed by atoms with Crippen molar-refractivity contribution >= 4 is 22.8 Å². The van der Waals surface area contributed by atoms with E-state index in [4.69, 9.17) is 5.41 Å². The number of carbonyl (C=O) groups excluding carboxylic acids is 1. The van der Waals surface area contributed by atoms with Gasteiger partial charge >= 0.3 is 0 Å². The predicted octanol–water partition coefficient (Wildman–Crippen LogP) is 3.53. The molecule has 0 radical (unpaired) electrons. The Morgan fingerprint density at radius 1 is 1.08 bits per heavy atom. The minimum absolute atomic E-state index is 0.0549. The minimum Gasteiger partial charge on any atom is -0.305 e. The zero-order chi connectivity index (χ0) is 17.6. The number of hydrogen-bond donors (Lipinski definition) is 2. The summed E-state index contributed by atoms with van der Waals surface area (Å²) in [6.45, 7) is 2.14. The van der Waals surface area contributed by atoms with Crippen LogP contribution < -0.4 is 5.32 Å². The smallest absolute Gasteiger partial charge is 0.239 e. The quantitative estimate of drug-likeness (QED) is 0.800. The summed E-state index contributed by atoms with van der Waals surface area (Å²) in [6.07, 6.45) is 6.78. The van der Waals surface area contributed by atoms with E-state index in [9.17, 15) is 4.79 Å². The van der Waals surface area contributed by atoms with E-state index in [-0.39, 0.29) is 16.3 Å². The minimum atomic E-state index is -0.171. The fraction of sp³-hybridized carbons (Fsp3) is 0.350. The number of rotatable bonds is 7. The highest BCUT2D eigenvalue weighted by Gasteiger charge is 2.29. The summed E-state index contributed by atoms with van der Waals surface area (Å²) >= 11 is 1.30. The number of amidine groups is 1. The van der Waals surface area contributed by atoms with E-state index >= 15 is 0 Å². The van der Waals surface area contributed by atoms with Gasteiger partial charge in [0.1, 0.15) is 0 Å². The molecule has 0 aliphatic carbocycles. The fourth-order valence-electron chi connectivity index (χ4n) is 2.89. The van der Waals surface area contributed by atoms with Gasteiger partial charge in [0.2, 0.25) is 5.91 Å². The van der Waals surface area contributed by atoms with Crippen LogP contribution in [-0.2, 0) is 30.5 Å². The van der Waals surface area contributed by atoms with Crippen LogP contribution in [-0.4, -0.2) is 21.3 Å². The molecule has 4 nitrogen and oxygen atoms in total. The van der Waals surface area contributed by atoms with Gasteiger partial charge in [-0.3, -0.25) is 15.2 Å². The van der Waals surface area contributed by atoms with E-state index in [0.29, 0.717) is 6.42 Å². The van der Waals surface area contributed by atoms with Crippen LogP contribution in [0.4, 0.5) is 0 Å². The summed E-state index contributed by atoms with van der Waals surface area (Å²) in [5.41, 5.74) is 4.89. The van der Waals surface area contributed by atoms with Crippen LogP contribution in [0.5, 0.6) is 0 Å². The van der Waals surface area contributed by atoms with E-state index in [1.165, 1.54) is 22.9 Å². The first-order valence-corrected chi connectivity index (χ1v) is 9.59. The van der Waals surface area contributed by atoms with Crippen LogP contribution >= 0.6 is 11.8 Å². The van der Waals surface area contributed by atoms with Crippen molar-refractivity contribution in [3.63, 3.8) is 0 Å². The average molecular weight is 353 g/mol. The molecule has 2 aromatic rings. The zero-order valence-electron chi connectivity index (χ0n) is 14.4. The van der Waals surface area contributed by atoms with Crippen molar-refractivity contribution in [2.45, 2.75) is 44.3 Å². The number of thioether (sulfide) groups is 1.